The van der Waals surface area contributed by atoms with Gasteiger partial charge in [-0.1, -0.05) is 22.4 Å². The van der Waals surface area contributed by atoms with Crippen LogP contribution >= 0.6 is 0 Å². The lowest BCUT2D eigenvalue weighted by atomic mass is 9.60. The van der Waals surface area contributed by atoms with Crippen molar-refractivity contribution in [3.8, 4) is 0 Å². The Balaban J connectivity index is 1.68. The fourth-order valence-corrected chi connectivity index (χ4v) is 5.69. The van der Waals surface area contributed by atoms with Gasteiger partial charge in [-0.05, 0) is 59.5 Å². The van der Waals surface area contributed by atoms with Crippen LogP contribution in [-0.4, -0.2) is 70.6 Å². The molecule has 1 saturated heterocycles. The molecule has 0 radical (unpaired) electrons. The van der Waals surface area contributed by atoms with E-state index in [0.717, 1.165) is 17.7 Å². The summed E-state index contributed by atoms with van der Waals surface area (Å²) in [5.74, 6) is -3.36. The highest BCUT2D eigenvalue weighted by Gasteiger charge is 2.59. The lowest BCUT2D eigenvalue weighted by Crippen LogP contribution is -2.54. The van der Waals surface area contributed by atoms with Gasteiger partial charge in [0.25, 0.3) is 0 Å². The van der Waals surface area contributed by atoms with Crippen LogP contribution in [0.5, 0.6) is 0 Å². The number of hydrogen-bond acceptors (Lipinski definition) is 8. The molecule has 0 aromatic heterocycles. The van der Waals surface area contributed by atoms with Gasteiger partial charge >= 0.3 is 5.97 Å². The first-order valence-corrected chi connectivity index (χ1v) is 13.0. The van der Waals surface area contributed by atoms with E-state index in [1.54, 1.807) is 6.92 Å². The second kappa shape index (κ2) is 12.6. The van der Waals surface area contributed by atoms with Crippen molar-refractivity contribution in [1.82, 2.24) is 4.90 Å². The summed E-state index contributed by atoms with van der Waals surface area (Å²) in [4.78, 5) is 44.7. The SMILES string of the molecule is CCOC(=O)CCN1C(=O)[C@H]2[C@H]3[C@H](O)[C@H](O)C/C(=N/OC/C=C(\C)CCC=C(C)C)[C@H]3CC[C@@H]2C1=O. The Labute approximate surface area is 213 Å². The Morgan fingerprint density at radius 1 is 1.08 bits per heavy atom. The van der Waals surface area contributed by atoms with Crippen LogP contribution in [0.15, 0.2) is 28.5 Å². The average Bonchev–Trinajstić information content (AvgIpc) is 3.07. The molecule has 2 N–H and O–H groups in total. The van der Waals surface area contributed by atoms with Gasteiger partial charge in [0.2, 0.25) is 11.8 Å². The molecule has 0 aromatic rings. The van der Waals surface area contributed by atoms with E-state index in [9.17, 15) is 24.6 Å². The van der Waals surface area contributed by atoms with Crippen LogP contribution in [0.4, 0.5) is 0 Å². The largest absolute Gasteiger partial charge is 0.466 e. The molecule has 200 valence electrons. The minimum absolute atomic E-state index is 0.0388. The number of carbonyl (C=O) groups excluding carboxylic acids is 3. The first-order valence-electron chi connectivity index (χ1n) is 13.0. The summed E-state index contributed by atoms with van der Waals surface area (Å²) < 4.78 is 4.91. The highest BCUT2D eigenvalue weighted by atomic mass is 16.6. The van der Waals surface area contributed by atoms with E-state index in [4.69, 9.17) is 9.57 Å². The number of fused-ring (bicyclic) bond motifs is 3. The number of ether oxygens (including phenoxy) is 1. The molecule has 3 aliphatic rings. The number of imide groups is 1. The van der Waals surface area contributed by atoms with E-state index in [2.05, 4.69) is 25.1 Å². The van der Waals surface area contributed by atoms with E-state index < -0.39 is 41.8 Å². The predicted octanol–water partition coefficient (Wildman–Crippen LogP) is 2.76. The third-order valence-electron chi connectivity index (χ3n) is 7.49. The minimum atomic E-state index is -1.14. The number of nitrogens with zero attached hydrogens (tertiary/aromatic N) is 2. The highest BCUT2D eigenvalue weighted by molar-refractivity contribution is 6.06. The summed E-state index contributed by atoms with van der Waals surface area (Å²) in [5, 5.41) is 25.7. The number of carbonyl (C=O) groups is 3. The zero-order valence-corrected chi connectivity index (χ0v) is 21.8. The van der Waals surface area contributed by atoms with E-state index in [1.165, 1.54) is 11.1 Å². The molecule has 3 rings (SSSR count). The molecule has 9 heteroatoms. The monoisotopic (exact) mass is 504 g/mol. The van der Waals surface area contributed by atoms with Crippen LogP contribution in [0.2, 0.25) is 0 Å². The maximum absolute atomic E-state index is 13.3. The molecule has 0 unspecified atom stereocenters. The van der Waals surface area contributed by atoms with Gasteiger partial charge in [-0.15, -0.1) is 0 Å². The van der Waals surface area contributed by atoms with Crippen molar-refractivity contribution in [3.63, 3.8) is 0 Å². The molecular weight excluding hydrogens is 464 g/mol. The predicted molar refractivity (Wildman–Crippen MR) is 134 cm³/mol. The van der Waals surface area contributed by atoms with Crippen LogP contribution in [0.3, 0.4) is 0 Å². The Morgan fingerprint density at radius 2 is 1.81 bits per heavy atom. The topological polar surface area (TPSA) is 126 Å². The first kappa shape index (κ1) is 28.1. The number of aliphatic hydroxyl groups excluding tert-OH is 2. The normalized spacial score (nSPS) is 31.2. The van der Waals surface area contributed by atoms with Crippen molar-refractivity contribution in [3.05, 3.63) is 23.3 Å². The van der Waals surface area contributed by atoms with E-state index in [0.29, 0.717) is 25.2 Å². The second-order valence-corrected chi connectivity index (χ2v) is 10.3. The molecule has 1 heterocycles. The van der Waals surface area contributed by atoms with Gasteiger partial charge < -0.3 is 19.8 Å². The maximum Gasteiger partial charge on any atom is 0.307 e. The van der Waals surface area contributed by atoms with Crippen molar-refractivity contribution in [1.29, 1.82) is 0 Å². The molecule has 2 aliphatic carbocycles. The third-order valence-corrected chi connectivity index (χ3v) is 7.49. The molecule has 0 spiro atoms. The number of rotatable bonds is 10. The van der Waals surface area contributed by atoms with Gasteiger partial charge in [-0.3, -0.25) is 19.3 Å². The van der Waals surface area contributed by atoms with Crippen LogP contribution in [0.1, 0.15) is 66.2 Å². The minimum Gasteiger partial charge on any atom is -0.466 e. The summed E-state index contributed by atoms with van der Waals surface area (Å²) in [5.41, 5.74) is 3.11. The molecule has 3 fully saturated rings. The average molecular weight is 505 g/mol. The number of likely N-dealkylation sites (tertiary alicyclic amines) is 1. The standard InChI is InChI=1S/C27H40N2O7/c1-5-35-22(31)11-13-29-26(33)19-10-9-18-20(15-21(30)25(32)23(18)24(19)27(29)34)28-36-14-12-17(4)8-6-7-16(2)3/h7,12,18-19,21,23-25,30,32H,5-6,8-11,13-15H2,1-4H3/b17-12+,28-20-/t18-,19+,21-,23+,24-,25-/m1/s1. The van der Waals surface area contributed by atoms with Crippen LogP contribution in [0.25, 0.3) is 0 Å². The number of hydrogen-bond donors (Lipinski definition) is 2. The highest BCUT2D eigenvalue weighted by Crippen LogP contribution is 2.49. The molecule has 2 saturated carbocycles. The first-order chi connectivity index (χ1) is 17.1. The summed E-state index contributed by atoms with van der Waals surface area (Å²) in [7, 11) is 0. The van der Waals surface area contributed by atoms with Gasteiger partial charge in [0.15, 0.2) is 0 Å². The van der Waals surface area contributed by atoms with Gasteiger partial charge in [-0.2, -0.15) is 0 Å². The number of amides is 2. The molecule has 0 bridgehead atoms. The van der Waals surface area contributed by atoms with Crippen LogP contribution < -0.4 is 0 Å². The molecule has 9 nitrogen and oxygen atoms in total. The summed E-state index contributed by atoms with van der Waals surface area (Å²) in [6, 6.07) is 0. The van der Waals surface area contributed by atoms with Crippen LogP contribution in [0, 0.1) is 23.7 Å². The van der Waals surface area contributed by atoms with E-state index >= 15 is 0 Å². The van der Waals surface area contributed by atoms with Crippen molar-refractivity contribution < 1.29 is 34.2 Å². The Kier molecular flexibility index (Phi) is 9.84. The van der Waals surface area contributed by atoms with Gasteiger partial charge in [0.05, 0.1) is 42.8 Å². The van der Waals surface area contributed by atoms with Crippen molar-refractivity contribution in [2.75, 3.05) is 19.8 Å². The Morgan fingerprint density at radius 3 is 2.50 bits per heavy atom. The number of aliphatic hydroxyl groups is 2. The molecular formula is C27H40N2O7. The lowest BCUT2D eigenvalue weighted by molar-refractivity contribution is -0.145. The fraction of sp³-hybridized carbons (Fsp3) is 0.704. The maximum atomic E-state index is 13.3. The lowest BCUT2D eigenvalue weighted by Gasteiger charge is -2.45. The smallest absolute Gasteiger partial charge is 0.307 e. The zero-order valence-electron chi connectivity index (χ0n) is 21.8. The zero-order chi connectivity index (χ0) is 26.4. The fourth-order valence-electron chi connectivity index (χ4n) is 5.69. The summed E-state index contributed by atoms with van der Waals surface area (Å²) in [6.07, 6.45) is 5.00. The number of esters is 1. The van der Waals surface area contributed by atoms with Gasteiger partial charge in [0.1, 0.15) is 6.61 Å². The molecule has 36 heavy (non-hydrogen) atoms. The number of oxime groups is 1. The van der Waals surface area contributed by atoms with Crippen molar-refractivity contribution in [2.24, 2.45) is 28.8 Å². The van der Waals surface area contributed by atoms with Crippen LogP contribution in [-0.2, 0) is 24.0 Å². The molecule has 6 atom stereocenters. The molecule has 1 aliphatic heterocycles. The third kappa shape index (κ3) is 6.42. The van der Waals surface area contributed by atoms with E-state index in [1.807, 2.05) is 13.0 Å². The molecule has 0 aromatic carbocycles. The molecule has 2 amide bonds. The van der Waals surface area contributed by atoms with Crippen molar-refractivity contribution >= 4 is 23.5 Å². The summed E-state index contributed by atoms with van der Waals surface area (Å²) in [6.45, 7) is 8.38. The number of allylic oxidation sites excluding steroid dienone is 3. The van der Waals surface area contributed by atoms with Crippen molar-refractivity contribution in [2.45, 2.75) is 78.4 Å². The van der Waals surface area contributed by atoms with Gasteiger partial charge in [-0.25, -0.2) is 0 Å². The Bertz CT molecular complexity index is 921. The van der Waals surface area contributed by atoms with Gasteiger partial charge in [0, 0.05) is 24.8 Å². The summed E-state index contributed by atoms with van der Waals surface area (Å²) >= 11 is 0. The Hall–Kier alpha value is -2.52. The quantitative estimate of drug-likeness (QED) is 0.154. The second-order valence-electron chi connectivity index (χ2n) is 10.3. The van der Waals surface area contributed by atoms with E-state index in [-0.39, 0.29) is 37.8 Å².